The van der Waals surface area contributed by atoms with Gasteiger partial charge < -0.3 is 15.0 Å². The summed E-state index contributed by atoms with van der Waals surface area (Å²) in [6, 6.07) is 7.45. The zero-order valence-electron chi connectivity index (χ0n) is 11.2. The number of ether oxygens (including phenoxy) is 1. The molecular weight excluding hydrogens is 260 g/mol. The predicted molar refractivity (Wildman–Crippen MR) is 78.5 cm³/mol. The summed E-state index contributed by atoms with van der Waals surface area (Å²) >= 11 is 1.81. The number of benzene rings is 1. The van der Waals surface area contributed by atoms with Crippen molar-refractivity contribution in [2.24, 2.45) is 0 Å². The number of aryl methyl sites for hydroxylation is 2. The Morgan fingerprint density at radius 1 is 1.26 bits per heavy atom. The molecule has 0 aliphatic carbocycles. The van der Waals surface area contributed by atoms with Gasteiger partial charge in [0, 0.05) is 22.8 Å². The van der Waals surface area contributed by atoms with Crippen LogP contribution in [0.4, 0.5) is 5.69 Å². The molecule has 0 aliphatic rings. The molecule has 0 spiro atoms. The van der Waals surface area contributed by atoms with Crippen molar-refractivity contribution in [3.8, 4) is 5.75 Å². The van der Waals surface area contributed by atoms with Gasteiger partial charge in [-0.15, -0.1) is 0 Å². The summed E-state index contributed by atoms with van der Waals surface area (Å²) in [5.41, 5.74) is 8.53. The highest BCUT2D eigenvalue weighted by molar-refractivity contribution is 7.98. The average Bonchev–Trinajstić information content (AvgIpc) is 2.72. The average molecular weight is 278 g/mol. The molecule has 4 nitrogen and oxygen atoms in total. The van der Waals surface area contributed by atoms with Crippen LogP contribution in [0.3, 0.4) is 0 Å². The number of thioether (sulfide) groups is 1. The first-order valence-corrected chi connectivity index (χ1v) is 7.30. The molecule has 0 amide bonds. The van der Waals surface area contributed by atoms with Gasteiger partial charge in [-0.25, -0.2) is 0 Å². The molecule has 0 saturated carbocycles. The summed E-state index contributed by atoms with van der Waals surface area (Å²) in [4.78, 5) is 0. The Hall–Kier alpha value is -1.62. The molecule has 1 aromatic carbocycles. The highest BCUT2D eigenvalue weighted by atomic mass is 32.2. The van der Waals surface area contributed by atoms with Gasteiger partial charge in [-0.3, -0.25) is 0 Å². The van der Waals surface area contributed by atoms with Crippen molar-refractivity contribution < 1.29 is 9.26 Å². The van der Waals surface area contributed by atoms with Crippen LogP contribution >= 0.6 is 11.8 Å². The molecule has 0 radical (unpaired) electrons. The number of hydrogen-bond donors (Lipinski definition) is 1. The molecule has 2 N–H and O–H groups in total. The lowest BCUT2D eigenvalue weighted by Gasteiger charge is -2.06. The third-order valence-electron chi connectivity index (χ3n) is 2.80. The number of hydrogen-bond acceptors (Lipinski definition) is 5. The van der Waals surface area contributed by atoms with Crippen molar-refractivity contribution in [2.45, 2.75) is 19.6 Å². The van der Waals surface area contributed by atoms with E-state index in [0.29, 0.717) is 6.61 Å². The van der Waals surface area contributed by atoms with Gasteiger partial charge in [0.05, 0.1) is 12.3 Å². The van der Waals surface area contributed by atoms with Gasteiger partial charge in [-0.2, -0.15) is 11.8 Å². The Bertz CT molecular complexity index is 503. The van der Waals surface area contributed by atoms with Crippen LogP contribution in [0.15, 0.2) is 28.8 Å². The molecular formula is C14H18N2O2S. The van der Waals surface area contributed by atoms with Crippen molar-refractivity contribution in [1.29, 1.82) is 0 Å². The normalized spacial score (nSPS) is 10.6. The monoisotopic (exact) mass is 278 g/mol. The molecule has 19 heavy (non-hydrogen) atoms. The first kappa shape index (κ1) is 13.8. The van der Waals surface area contributed by atoms with Crippen LogP contribution in [0.2, 0.25) is 0 Å². The van der Waals surface area contributed by atoms with Crippen molar-refractivity contribution in [3.63, 3.8) is 0 Å². The lowest BCUT2D eigenvalue weighted by molar-refractivity contribution is 0.344. The van der Waals surface area contributed by atoms with E-state index < -0.39 is 0 Å². The van der Waals surface area contributed by atoms with Gasteiger partial charge in [0.25, 0.3) is 0 Å². The minimum Gasteiger partial charge on any atom is -0.493 e. The summed E-state index contributed by atoms with van der Waals surface area (Å²) in [6.45, 7) is 4.59. The molecule has 0 aliphatic heterocycles. The molecule has 1 aromatic heterocycles. The lowest BCUT2D eigenvalue weighted by atomic mass is 10.2. The maximum Gasteiger partial charge on any atom is 0.137 e. The second-order valence-electron chi connectivity index (χ2n) is 4.27. The molecule has 0 unspecified atom stereocenters. The Morgan fingerprint density at radius 2 is 2.00 bits per heavy atom. The number of rotatable bonds is 6. The maximum absolute atomic E-state index is 5.63. The van der Waals surface area contributed by atoms with E-state index in [-0.39, 0.29) is 0 Å². The Kier molecular flexibility index (Phi) is 4.74. The summed E-state index contributed by atoms with van der Waals surface area (Å²) in [5.74, 6) is 3.59. The molecule has 0 bridgehead atoms. The van der Waals surface area contributed by atoms with E-state index in [1.807, 2.05) is 49.9 Å². The number of nitrogens with zero attached hydrogens (tertiary/aromatic N) is 1. The third-order valence-corrected chi connectivity index (χ3v) is 3.75. The van der Waals surface area contributed by atoms with Gasteiger partial charge in [-0.1, -0.05) is 5.16 Å². The Balaban J connectivity index is 1.69. The van der Waals surface area contributed by atoms with Gasteiger partial charge in [0.2, 0.25) is 0 Å². The number of aromatic nitrogens is 1. The SMILES string of the molecule is Cc1noc(C)c1CSCCOc1ccc(N)cc1. The van der Waals surface area contributed by atoms with Crippen LogP contribution in [0.1, 0.15) is 17.0 Å². The number of anilines is 1. The Labute approximate surface area is 117 Å². The number of nitrogen functional groups attached to an aromatic ring is 1. The van der Waals surface area contributed by atoms with Crippen LogP contribution in [-0.2, 0) is 5.75 Å². The van der Waals surface area contributed by atoms with E-state index in [2.05, 4.69) is 5.16 Å². The van der Waals surface area contributed by atoms with Gasteiger partial charge in [0.1, 0.15) is 11.5 Å². The van der Waals surface area contributed by atoms with E-state index in [9.17, 15) is 0 Å². The molecule has 5 heteroatoms. The lowest BCUT2D eigenvalue weighted by Crippen LogP contribution is -2.00. The minimum atomic E-state index is 0.679. The Morgan fingerprint density at radius 3 is 2.63 bits per heavy atom. The predicted octanol–water partition coefficient (Wildman–Crippen LogP) is 3.19. The summed E-state index contributed by atoms with van der Waals surface area (Å²) < 4.78 is 10.8. The molecule has 2 aromatic rings. The van der Waals surface area contributed by atoms with Gasteiger partial charge >= 0.3 is 0 Å². The van der Waals surface area contributed by atoms with Crippen LogP contribution < -0.4 is 10.5 Å². The van der Waals surface area contributed by atoms with E-state index >= 15 is 0 Å². The summed E-state index contributed by atoms with van der Waals surface area (Å²) in [7, 11) is 0. The van der Waals surface area contributed by atoms with Crippen LogP contribution in [0.25, 0.3) is 0 Å². The first-order valence-electron chi connectivity index (χ1n) is 6.14. The fraction of sp³-hybridized carbons (Fsp3) is 0.357. The largest absolute Gasteiger partial charge is 0.493 e. The van der Waals surface area contributed by atoms with Crippen LogP contribution in [0, 0.1) is 13.8 Å². The van der Waals surface area contributed by atoms with E-state index in [4.69, 9.17) is 15.0 Å². The second kappa shape index (κ2) is 6.52. The summed E-state index contributed by atoms with van der Waals surface area (Å²) in [5, 5.41) is 3.94. The molecule has 2 rings (SSSR count). The van der Waals surface area contributed by atoms with Crippen molar-refractivity contribution in [1.82, 2.24) is 5.16 Å². The van der Waals surface area contributed by atoms with Crippen LogP contribution in [-0.4, -0.2) is 17.5 Å². The highest BCUT2D eigenvalue weighted by Crippen LogP contribution is 2.19. The minimum absolute atomic E-state index is 0.679. The van der Waals surface area contributed by atoms with Gasteiger partial charge in [-0.05, 0) is 38.1 Å². The fourth-order valence-electron chi connectivity index (χ4n) is 1.66. The van der Waals surface area contributed by atoms with Gasteiger partial charge in [0.15, 0.2) is 0 Å². The van der Waals surface area contributed by atoms with Crippen molar-refractivity contribution in [2.75, 3.05) is 18.1 Å². The highest BCUT2D eigenvalue weighted by Gasteiger charge is 2.08. The van der Waals surface area contributed by atoms with E-state index in [0.717, 1.165) is 34.4 Å². The zero-order valence-corrected chi connectivity index (χ0v) is 12.0. The standard InChI is InChI=1S/C14H18N2O2S/c1-10-14(11(2)18-16-10)9-19-8-7-17-13-5-3-12(15)4-6-13/h3-6H,7-9,15H2,1-2H3. The van der Waals surface area contributed by atoms with Crippen molar-refractivity contribution in [3.05, 3.63) is 41.3 Å². The quantitative estimate of drug-likeness (QED) is 0.649. The van der Waals surface area contributed by atoms with Crippen molar-refractivity contribution >= 4 is 17.4 Å². The third kappa shape index (κ3) is 3.92. The maximum atomic E-state index is 5.63. The molecule has 0 fully saturated rings. The van der Waals surface area contributed by atoms with E-state index in [1.165, 1.54) is 5.56 Å². The molecule has 0 atom stereocenters. The van der Waals surface area contributed by atoms with E-state index in [1.54, 1.807) is 0 Å². The smallest absolute Gasteiger partial charge is 0.137 e. The zero-order chi connectivity index (χ0) is 13.7. The molecule has 1 heterocycles. The first-order chi connectivity index (χ1) is 9.16. The topological polar surface area (TPSA) is 61.3 Å². The number of nitrogens with two attached hydrogens (primary N) is 1. The fourth-order valence-corrected chi connectivity index (χ4v) is 2.63. The molecule has 102 valence electrons. The summed E-state index contributed by atoms with van der Waals surface area (Å²) in [6.07, 6.45) is 0. The second-order valence-corrected chi connectivity index (χ2v) is 5.38. The van der Waals surface area contributed by atoms with Crippen LogP contribution in [0.5, 0.6) is 5.75 Å². The molecule has 0 saturated heterocycles.